The molecule has 1 N–H and O–H groups in total. The third-order valence-electron chi connectivity index (χ3n) is 5.01. The Morgan fingerprint density at radius 2 is 2.13 bits per heavy atom. The van der Waals surface area contributed by atoms with Crippen molar-refractivity contribution in [3.8, 4) is 5.75 Å². The molecule has 2 heterocycles. The van der Waals surface area contributed by atoms with Gasteiger partial charge in [0.05, 0.1) is 5.56 Å². The van der Waals surface area contributed by atoms with Gasteiger partial charge in [-0.25, -0.2) is 4.79 Å². The van der Waals surface area contributed by atoms with Crippen molar-refractivity contribution < 1.29 is 9.52 Å². The minimum absolute atomic E-state index is 0.211. The van der Waals surface area contributed by atoms with E-state index in [1.165, 1.54) is 12.8 Å². The van der Waals surface area contributed by atoms with Crippen LogP contribution in [0.4, 0.5) is 0 Å². The summed E-state index contributed by atoms with van der Waals surface area (Å²) in [7, 11) is 0. The van der Waals surface area contributed by atoms with Crippen molar-refractivity contribution in [1.82, 2.24) is 4.90 Å². The maximum atomic E-state index is 12.2. The monoisotopic (exact) mass is 315 g/mol. The lowest BCUT2D eigenvalue weighted by molar-refractivity contribution is 0.175. The number of nitrogens with zero attached hydrogens (tertiary/aromatic N) is 1. The summed E-state index contributed by atoms with van der Waals surface area (Å²) in [6.45, 7) is 8.85. The van der Waals surface area contributed by atoms with Crippen LogP contribution >= 0.6 is 0 Å². The Bertz CT molecular complexity index is 778. The number of aryl methyl sites for hydroxylation is 1. The van der Waals surface area contributed by atoms with Crippen molar-refractivity contribution in [3.05, 3.63) is 39.2 Å². The third kappa shape index (κ3) is 3.00. The van der Waals surface area contributed by atoms with Gasteiger partial charge in [-0.15, -0.1) is 0 Å². The molecule has 4 heteroatoms. The van der Waals surface area contributed by atoms with Crippen LogP contribution in [-0.2, 0) is 13.0 Å². The maximum Gasteiger partial charge on any atom is 0.339 e. The first-order chi connectivity index (χ1) is 11.0. The number of fused-ring (bicyclic) bond motifs is 1. The van der Waals surface area contributed by atoms with E-state index in [1.807, 2.05) is 19.9 Å². The normalized spacial score (nSPS) is 19.3. The van der Waals surface area contributed by atoms with Gasteiger partial charge in [0.1, 0.15) is 11.3 Å². The minimum atomic E-state index is -0.281. The van der Waals surface area contributed by atoms with E-state index in [4.69, 9.17) is 4.42 Å². The van der Waals surface area contributed by atoms with Gasteiger partial charge in [0.15, 0.2) is 0 Å². The van der Waals surface area contributed by atoms with Gasteiger partial charge in [0, 0.05) is 24.0 Å². The summed E-state index contributed by atoms with van der Waals surface area (Å²) in [5, 5.41) is 11.3. The van der Waals surface area contributed by atoms with Crippen LogP contribution in [0.1, 0.15) is 43.4 Å². The first-order valence-electron chi connectivity index (χ1n) is 8.50. The van der Waals surface area contributed by atoms with Crippen LogP contribution in [0.25, 0.3) is 11.0 Å². The zero-order valence-corrected chi connectivity index (χ0v) is 14.2. The van der Waals surface area contributed by atoms with Crippen LogP contribution in [0, 0.1) is 12.8 Å². The first-order valence-corrected chi connectivity index (χ1v) is 8.50. The molecule has 124 valence electrons. The molecule has 1 aromatic heterocycles. The van der Waals surface area contributed by atoms with E-state index in [1.54, 1.807) is 6.07 Å². The number of rotatable bonds is 3. The van der Waals surface area contributed by atoms with E-state index in [0.717, 1.165) is 35.2 Å². The molecule has 2 aromatic rings. The summed E-state index contributed by atoms with van der Waals surface area (Å²) in [6.07, 6.45) is 3.09. The number of phenolic OH excluding ortho intramolecular Hbond substituents is 1. The van der Waals surface area contributed by atoms with Crippen LogP contribution in [0.15, 0.2) is 21.3 Å². The standard InChI is InChI=1S/C19H25NO3/c1-4-14-13(3)15-7-8-17(21)16(18(15)23-19(14)22)11-20-9-5-6-12(2)10-20/h7-8,12,21H,4-6,9-11H2,1-3H3/t12-/m0/s1. The summed E-state index contributed by atoms with van der Waals surface area (Å²) >= 11 is 0. The molecular weight excluding hydrogens is 290 g/mol. The molecule has 0 bridgehead atoms. The second-order valence-corrected chi connectivity index (χ2v) is 6.77. The van der Waals surface area contributed by atoms with Gasteiger partial charge in [-0.1, -0.05) is 13.8 Å². The van der Waals surface area contributed by atoms with Gasteiger partial charge in [-0.2, -0.15) is 0 Å². The van der Waals surface area contributed by atoms with Crippen molar-refractivity contribution in [2.75, 3.05) is 13.1 Å². The average molecular weight is 315 g/mol. The number of piperidine rings is 1. The number of aromatic hydroxyl groups is 1. The Morgan fingerprint density at radius 1 is 1.35 bits per heavy atom. The largest absolute Gasteiger partial charge is 0.507 e. The van der Waals surface area contributed by atoms with E-state index in [9.17, 15) is 9.90 Å². The summed E-state index contributed by atoms with van der Waals surface area (Å²) < 4.78 is 5.60. The molecule has 0 spiro atoms. The van der Waals surface area contributed by atoms with Crippen molar-refractivity contribution in [2.45, 2.75) is 46.6 Å². The van der Waals surface area contributed by atoms with E-state index in [0.29, 0.717) is 24.5 Å². The van der Waals surface area contributed by atoms with Crippen LogP contribution < -0.4 is 5.63 Å². The highest BCUT2D eigenvalue weighted by Crippen LogP contribution is 2.31. The highest BCUT2D eigenvalue weighted by molar-refractivity contribution is 5.85. The number of hydrogen-bond donors (Lipinski definition) is 1. The molecule has 0 saturated carbocycles. The Labute approximate surface area is 136 Å². The lowest BCUT2D eigenvalue weighted by Gasteiger charge is -2.31. The van der Waals surface area contributed by atoms with Crippen LogP contribution in [0.2, 0.25) is 0 Å². The Balaban J connectivity index is 2.09. The molecule has 0 unspecified atom stereocenters. The number of benzene rings is 1. The SMILES string of the molecule is CCc1c(C)c2ccc(O)c(CN3CCC[C@H](C)C3)c2oc1=O. The molecule has 1 aliphatic rings. The second kappa shape index (κ2) is 6.36. The number of phenols is 1. The Kier molecular flexibility index (Phi) is 4.44. The number of likely N-dealkylation sites (tertiary alicyclic amines) is 1. The van der Waals surface area contributed by atoms with Gasteiger partial charge in [-0.3, -0.25) is 4.90 Å². The fourth-order valence-electron chi connectivity index (χ4n) is 3.72. The van der Waals surface area contributed by atoms with Gasteiger partial charge in [0.2, 0.25) is 0 Å². The fourth-order valence-corrected chi connectivity index (χ4v) is 3.72. The third-order valence-corrected chi connectivity index (χ3v) is 5.01. The zero-order valence-electron chi connectivity index (χ0n) is 14.2. The molecule has 0 radical (unpaired) electrons. The van der Waals surface area contributed by atoms with Crippen molar-refractivity contribution in [1.29, 1.82) is 0 Å². The summed E-state index contributed by atoms with van der Waals surface area (Å²) in [5.41, 5.74) is 2.69. The maximum absolute atomic E-state index is 12.2. The molecule has 0 aliphatic carbocycles. The second-order valence-electron chi connectivity index (χ2n) is 6.77. The van der Waals surface area contributed by atoms with E-state index >= 15 is 0 Å². The molecule has 1 atom stereocenters. The summed E-state index contributed by atoms with van der Waals surface area (Å²) in [6, 6.07) is 3.57. The predicted octanol–water partition coefficient (Wildman–Crippen LogP) is 3.60. The number of hydrogen-bond acceptors (Lipinski definition) is 4. The first kappa shape index (κ1) is 16.1. The van der Waals surface area contributed by atoms with Crippen LogP contribution in [0.3, 0.4) is 0 Å². The molecule has 23 heavy (non-hydrogen) atoms. The van der Waals surface area contributed by atoms with E-state index < -0.39 is 0 Å². The molecular formula is C19H25NO3. The molecule has 3 rings (SSSR count). The lowest BCUT2D eigenvalue weighted by Crippen LogP contribution is -2.33. The highest BCUT2D eigenvalue weighted by Gasteiger charge is 2.21. The molecule has 4 nitrogen and oxygen atoms in total. The van der Waals surface area contributed by atoms with Gasteiger partial charge < -0.3 is 9.52 Å². The van der Waals surface area contributed by atoms with Gasteiger partial charge in [0.25, 0.3) is 0 Å². The van der Waals surface area contributed by atoms with Crippen LogP contribution in [0.5, 0.6) is 5.75 Å². The summed E-state index contributed by atoms with van der Waals surface area (Å²) in [5.74, 6) is 0.879. The van der Waals surface area contributed by atoms with E-state index in [-0.39, 0.29) is 11.4 Å². The quantitative estimate of drug-likeness (QED) is 0.879. The van der Waals surface area contributed by atoms with E-state index in [2.05, 4.69) is 11.8 Å². The highest BCUT2D eigenvalue weighted by atomic mass is 16.4. The van der Waals surface area contributed by atoms with Crippen molar-refractivity contribution >= 4 is 11.0 Å². The predicted molar refractivity (Wildman–Crippen MR) is 91.9 cm³/mol. The fraction of sp³-hybridized carbons (Fsp3) is 0.526. The van der Waals surface area contributed by atoms with Crippen LogP contribution in [-0.4, -0.2) is 23.1 Å². The zero-order chi connectivity index (χ0) is 16.6. The molecule has 1 saturated heterocycles. The molecule has 1 fully saturated rings. The lowest BCUT2D eigenvalue weighted by atomic mass is 9.98. The topological polar surface area (TPSA) is 53.7 Å². The van der Waals surface area contributed by atoms with Crippen molar-refractivity contribution in [2.24, 2.45) is 5.92 Å². The summed E-state index contributed by atoms with van der Waals surface area (Å²) in [4.78, 5) is 14.6. The van der Waals surface area contributed by atoms with Gasteiger partial charge in [-0.05, 0) is 56.3 Å². The average Bonchev–Trinajstić information content (AvgIpc) is 2.51. The van der Waals surface area contributed by atoms with Gasteiger partial charge >= 0.3 is 5.63 Å². The smallest absolute Gasteiger partial charge is 0.339 e. The molecule has 1 aliphatic heterocycles. The Hall–Kier alpha value is -1.81. The van der Waals surface area contributed by atoms with Crippen molar-refractivity contribution in [3.63, 3.8) is 0 Å². The molecule has 0 amide bonds. The minimum Gasteiger partial charge on any atom is -0.507 e. The Morgan fingerprint density at radius 3 is 2.83 bits per heavy atom. The molecule has 1 aromatic carbocycles.